The Morgan fingerprint density at radius 2 is 1.75 bits per heavy atom. The van der Waals surface area contributed by atoms with Gasteiger partial charge in [-0.2, -0.15) is 0 Å². The number of Topliss-reactive ketones (excluding diaryl/α,β-unsaturated/α-hetero) is 2. The molecule has 0 aliphatic heterocycles. The number of carbonyl (C=O) groups excluding carboxylic acids is 2. The predicted octanol–water partition coefficient (Wildman–Crippen LogP) is 3.80. The van der Waals surface area contributed by atoms with Crippen LogP contribution in [-0.4, -0.2) is 21.8 Å². The van der Waals surface area contributed by atoms with E-state index in [1.807, 2.05) is 19.9 Å². The fourth-order valence-corrected chi connectivity index (χ4v) is 3.91. The second-order valence-corrected chi connectivity index (χ2v) is 7.20. The van der Waals surface area contributed by atoms with E-state index in [2.05, 4.69) is 0 Å². The van der Waals surface area contributed by atoms with Crippen LogP contribution in [0.1, 0.15) is 54.7 Å². The highest BCUT2D eigenvalue weighted by Crippen LogP contribution is 2.47. The zero-order valence-electron chi connectivity index (χ0n) is 14.7. The average molecular weight is 326 g/mol. The minimum atomic E-state index is -0.860. The Labute approximate surface area is 141 Å². The molecule has 0 spiro atoms. The molecule has 0 bridgehead atoms. The summed E-state index contributed by atoms with van der Waals surface area (Å²) in [7, 11) is 0. The molecule has 2 aromatic carbocycles. The average Bonchev–Trinajstić information content (AvgIpc) is 2.51. The van der Waals surface area contributed by atoms with Gasteiger partial charge in [-0.1, -0.05) is 13.0 Å². The van der Waals surface area contributed by atoms with Gasteiger partial charge in [0.05, 0.1) is 16.9 Å². The van der Waals surface area contributed by atoms with Crippen molar-refractivity contribution in [2.75, 3.05) is 0 Å². The standard InChI is InChI=1S/C20H22O4/c1-6-12-9(2)7-11-8-13-15(18(23)14(11)17(12)22)16(21)10(3)19(24)20(13,4)5/h7-8,10,22-23H,6H2,1-5H3. The molecule has 0 fully saturated rings. The maximum absolute atomic E-state index is 12.6. The van der Waals surface area contributed by atoms with E-state index in [0.717, 1.165) is 11.1 Å². The molecule has 1 atom stereocenters. The minimum absolute atomic E-state index is 0.0166. The van der Waals surface area contributed by atoms with Crippen molar-refractivity contribution in [2.45, 2.75) is 46.5 Å². The molecule has 1 unspecified atom stereocenters. The summed E-state index contributed by atoms with van der Waals surface area (Å²) in [5, 5.41) is 22.3. The van der Waals surface area contributed by atoms with Crippen LogP contribution in [0.4, 0.5) is 0 Å². The van der Waals surface area contributed by atoms with Gasteiger partial charge in [-0.3, -0.25) is 9.59 Å². The summed E-state index contributed by atoms with van der Waals surface area (Å²) < 4.78 is 0. The third-order valence-corrected chi connectivity index (χ3v) is 5.38. The summed E-state index contributed by atoms with van der Waals surface area (Å²) in [6, 6.07) is 3.65. The van der Waals surface area contributed by atoms with Crippen LogP contribution in [0.3, 0.4) is 0 Å². The summed E-state index contributed by atoms with van der Waals surface area (Å²) in [5.41, 5.74) is 1.51. The van der Waals surface area contributed by atoms with Crippen molar-refractivity contribution >= 4 is 22.3 Å². The Balaban J connectivity index is 2.51. The van der Waals surface area contributed by atoms with E-state index in [9.17, 15) is 19.8 Å². The number of fused-ring (bicyclic) bond motifs is 2. The van der Waals surface area contributed by atoms with Crippen molar-refractivity contribution in [3.05, 3.63) is 34.4 Å². The monoisotopic (exact) mass is 326 g/mol. The van der Waals surface area contributed by atoms with Crippen molar-refractivity contribution in [2.24, 2.45) is 5.92 Å². The Hall–Kier alpha value is -2.36. The van der Waals surface area contributed by atoms with Crippen molar-refractivity contribution < 1.29 is 19.8 Å². The summed E-state index contributed by atoms with van der Waals surface area (Å²) >= 11 is 0. The molecule has 24 heavy (non-hydrogen) atoms. The molecule has 0 amide bonds. The zero-order valence-corrected chi connectivity index (χ0v) is 14.7. The van der Waals surface area contributed by atoms with E-state index in [1.54, 1.807) is 26.8 Å². The van der Waals surface area contributed by atoms with Crippen LogP contribution in [0, 0.1) is 12.8 Å². The van der Waals surface area contributed by atoms with Gasteiger partial charge in [-0.05, 0) is 62.3 Å². The third kappa shape index (κ3) is 1.92. The second-order valence-electron chi connectivity index (χ2n) is 7.20. The smallest absolute Gasteiger partial charge is 0.177 e. The maximum Gasteiger partial charge on any atom is 0.177 e. The topological polar surface area (TPSA) is 74.6 Å². The largest absolute Gasteiger partial charge is 0.507 e. The van der Waals surface area contributed by atoms with Gasteiger partial charge in [-0.25, -0.2) is 0 Å². The predicted molar refractivity (Wildman–Crippen MR) is 92.9 cm³/mol. The van der Waals surface area contributed by atoms with Crippen LogP contribution >= 0.6 is 0 Å². The molecule has 2 N–H and O–H groups in total. The van der Waals surface area contributed by atoms with Crippen LogP contribution in [0.25, 0.3) is 10.8 Å². The van der Waals surface area contributed by atoms with Gasteiger partial charge in [0.2, 0.25) is 0 Å². The molecule has 0 heterocycles. The van der Waals surface area contributed by atoms with Gasteiger partial charge in [0.25, 0.3) is 0 Å². The van der Waals surface area contributed by atoms with Crippen LogP contribution < -0.4 is 0 Å². The molecular weight excluding hydrogens is 304 g/mol. The number of phenols is 2. The number of carbonyl (C=O) groups is 2. The lowest BCUT2D eigenvalue weighted by atomic mass is 9.66. The molecule has 0 saturated heterocycles. The Kier molecular flexibility index (Phi) is 3.48. The Bertz CT molecular complexity index is 906. The number of rotatable bonds is 1. The normalized spacial score (nSPS) is 19.6. The second kappa shape index (κ2) is 5.07. The minimum Gasteiger partial charge on any atom is -0.507 e. The highest BCUT2D eigenvalue weighted by atomic mass is 16.3. The molecular formula is C20H22O4. The highest BCUT2D eigenvalue weighted by molar-refractivity contribution is 6.21. The van der Waals surface area contributed by atoms with Crippen LogP contribution in [0.15, 0.2) is 12.1 Å². The fraction of sp³-hybridized carbons (Fsp3) is 0.400. The van der Waals surface area contributed by atoms with E-state index in [1.165, 1.54) is 0 Å². The summed E-state index contributed by atoms with van der Waals surface area (Å²) in [4.78, 5) is 25.2. The molecule has 4 heteroatoms. The molecule has 1 aliphatic carbocycles. The zero-order chi connectivity index (χ0) is 18.0. The van der Waals surface area contributed by atoms with E-state index < -0.39 is 11.3 Å². The molecule has 126 valence electrons. The number of benzene rings is 2. The number of phenolic OH excluding ortho intramolecular Hbond substituents is 2. The van der Waals surface area contributed by atoms with E-state index in [-0.39, 0.29) is 28.6 Å². The van der Waals surface area contributed by atoms with Gasteiger partial charge >= 0.3 is 0 Å². The van der Waals surface area contributed by atoms with Crippen molar-refractivity contribution in [3.8, 4) is 11.5 Å². The first-order valence-electron chi connectivity index (χ1n) is 8.23. The quantitative estimate of drug-likeness (QED) is 0.782. The van der Waals surface area contributed by atoms with E-state index in [0.29, 0.717) is 22.8 Å². The number of ketones is 2. The molecule has 0 radical (unpaired) electrons. The van der Waals surface area contributed by atoms with Gasteiger partial charge < -0.3 is 10.2 Å². The summed E-state index contributed by atoms with van der Waals surface area (Å²) in [5.74, 6) is -1.53. The lowest BCUT2D eigenvalue weighted by Gasteiger charge is -2.34. The van der Waals surface area contributed by atoms with E-state index in [4.69, 9.17) is 0 Å². The summed E-state index contributed by atoms with van der Waals surface area (Å²) in [6.07, 6.45) is 0.623. The molecule has 0 aromatic heterocycles. The lowest BCUT2D eigenvalue weighted by molar-refractivity contribution is -0.126. The van der Waals surface area contributed by atoms with Gasteiger partial charge in [-0.15, -0.1) is 0 Å². The fourth-order valence-electron chi connectivity index (χ4n) is 3.91. The van der Waals surface area contributed by atoms with Crippen LogP contribution in [-0.2, 0) is 16.6 Å². The summed E-state index contributed by atoms with van der Waals surface area (Å²) in [6.45, 7) is 8.95. The number of hydrogen-bond donors (Lipinski definition) is 2. The van der Waals surface area contributed by atoms with Gasteiger partial charge in [0, 0.05) is 5.41 Å². The highest BCUT2D eigenvalue weighted by Gasteiger charge is 2.45. The third-order valence-electron chi connectivity index (χ3n) is 5.38. The first-order valence-corrected chi connectivity index (χ1v) is 8.23. The SMILES string of the molecule is CCc1c(C)cc2cc3c(c(O)c2c1O)C(=O)C(C)C(=O)C3(C)C. The van der Waals surface area contributed by atoms with Crippen molar-refractivity contribution in [1.82, 2.24) is 0 Å². The first kappa shape index (κ1) is 16.5. The number of aromatic hydroxyl groups is 2. The molecule has 4 nitrogen and oxygen atoms in total. The van der Waals surface area contributed by atoms with Crippen molar-refractivity contribution in [1.29, 1.82) is 0 Å². The van der Waals surface area contributed by atoms with E-state index >= 15 is 0 Å². The Morgan fingerprint density at radius 3 is 2.33 bits per heavy atom. The molecule has 1 aliphatic rings. The van der Waals surface area contributed by atoms with Crippen LogP contribution in [0.2, 0.25) is 0 Å². The van der Waals surface area contributed by atoms with Gasteiger partial charge in [0.1, 0.15) is 11.5 Å². The number of aryl methyl sites for hydroxylation is 1. The molecule has 2 aromatic rings. The molecule has 3 rings (SSSR count). The Morgan fingerprint density at radius 1 is 1.12 bits per heavy atom. The maximum atomic E-state index is 12.6. The first-order chi connectivity index (χ1) is 11.1. The number of hydrogen-bond acceptors (Lipinski definition) is 4. The van der Waals surface area contributed by atoms with Gasteiger partial charge in [0.15, 0.2) is 11.6 Å². The lowest BCUT2D eigenvalue weighted by Crippen LogP contribution is -2.43. The van der Waals surface area contributed by atoms with Crippen molar-refractivity contribution in [3.63, 3.8) is 0 Å². The van der Waals surface area contributed by atoms with Crippen LogP contribution in [0.5, 0.6) is 11.5 Å². The molecule has 0 saturated carbocycles.